The number of ether oxygens (including phenoxy) is 3. The molecule has 246 valence electrons. The number of aryl methyl sites for hydroxylation is 1. The Morgan fingerprint density at radius 2 is 1.91 bits per heavy atom. The number of hydrogen-bond acceptors (Lipinski definition) is 9. The summed E-state index contributed by atoms with van der Waals surface area (Å²) in [5.74, 6) is 0.0485. The molecule has 0 spiro atoms. The van der Waals surface area contributed by atoms with Gasteiger partial charge in [-0.2, -0.15) is 15.1 Å². The summed E-state index contributed by atoms with van der Waals surface area (Å²) in [6, 6.07) is 2.98. The van der Waals surface area contributed by atoms with Gasteiger partial charge in [-0.1, -0.05) is 18.0 Å². The average molecular weight is 652 g/mol. The molecule has 3 fully saturated rings. The number of piperidine rings is 1. The van der Waals surface area contributed by atoms with Crippen molar-refractivity contribution in [1.29, 1.82) is 0 Å². The highest BCUT2D eigenvalue weighted by Gasteiger charge is 2.50. The van der Waals surface area contributed by atoms with Crippen LogP contribution in [0.4, 0.5) is 10.2 Å². The van der Waals surface area contributed by atoms with Crippen molar-refractivity contribution in [2.24, 2.45) is 5.41 Å². The lowest BCUT2D eigenvalue weighted by Crippen LogP contribution is -2.57. The number of rotatable bonds is 7. The van der Waals surface area contributed by atoms with Crippen molar-refractivity contribution in [3.63, 3.8) is 0 Å². The van der Waals surface area contributed by atoms with Crippen LogP contribution in [0.1, 0.15) is 64.4 Å². The summed E-state index contributed by atoms with van der Waals surface area (Å²) in [5.41, 5.74) is 2.04. The van der Waals surface area contributed by atoms with Crippen LogP contribution in [0.15, 0.2) is 12.3 Å². The number of methoxy groups -OCH3 is 1. The molecule has 1 unspecified atom stereocenters. The van der Waals surface area contributed by atoms with E-state index in [1.807, 2.05) is 27.1 Å². The Balaban J connectivity index is 1.28. The molecule has 2 saturated heterocycles. The zero-order valence-corrected chi connectivity index (χ0v) is 28.2. The minimum atomic E-state index is -0.621. The third-order valence-corrected chi connectivity index (χ3v) is 10.9. The number of fused-ring (bicyclic) bond motifs is 3. The highest BCUT2D eigenvalue weighted by Crippen LogP contribution is 2.50. The van der Waals surface area contributed by atoms with E-state index < -0.39 is 5.82 Å². The van der Waals surface area contributed by atoms with Crippen LogP contribution in [0, 0.1) is 18.2 Å². The Labute approximate surface area is 274 Å². The van der Waals surface area contributed by atoms with Crippen LogP contribution in [-0.2, 0) is 4.74 Å². The summed E-state index contributed by atoms with van der Waals surface area (Å²) in [5, 5.41) is 8.54. The van der Waals surface area contributed by atoms with Gasteiger partial charge in [-0.05, 0) is 77.5 Å². The van der Waals surface area contributed by atoms with E-state index in [2.05, 4.69) is 33.9 Å². The minimum absolute atomic E-state index is 0.00124. The summed E-state index contributed by atoms with van der Waals surface area (Å²) >= 11 is 6.80. The van der Waals surface area contributed by atoms with Gasteiger partial charge in [0.15, 0.2) is 5.82 Å². The summed E-state index contributed by atoms with van der Waals surface area (Å²) in [6.07, 6.45) is 9.93. The van der Waals surface area contributed by atoms with E-state index >= 15 is 4.39 Å². The second kappa shape index (κ2) is 12.1. The first kappa shape index (κ1) is 31.3. The highest BCUT2D eigenvalue weighted by molar-refractivity contribution is 6.35. The monoisotopic (exact) mass is 651 g/mol. The summed E-state index contributed by atoms with van der Waals surface area (Å²) in [7, 11) is 5.21. The number of aromatic nitrogens is 5. The average Bonchev–Trinajstić information content (AvgIpc) is 3.68. The van der Waals surface area contributed by atoms with Gasteiger partial charge in [-0.15, -0.1) is 0 Å². The fourth-order valence-corrected chi connectivity index (χ4v) is 8.71. The first-order valence-electron chi connectivity index (χ1n) is 16.4. The molecule has 1 aliphatic carbocycles. The molecule has 3 aliphatic rings. The van der Waals surface area contributed by atoms with Gasteiger partial charge in [0.05, 0.1) is 42.7 Å². The van der Waals surface area contributed by atoms with Crippen LogP contribution in [0.3, 0.4) is 0 Å². The van der Waals surface area contributed by atoms with Crippen molar-refractivity contribution in [3.8, 4) is 23.1 Å². The zero-order valence-electron chi connectivity index (χ0n) is 27.5. The van der Waals surface area contributed by atoms with E-state index in [4.69, 9.17) is 35.8 Å². The van der Waals surface area contributed by atoms with Crippen LogP contribution < -0.4 is 14.4 Å². The van der Waals surface area contributed by atoms with E-state index in [9.17, 15) is 0 Å². The largest absolute Gasteiger partial charge is 0.480 e. The maximum absolute atomic E-state index is 16.8. The van der Waals surface area contributed by atoms with Crippen LogP contribution in [0.25, 0.3) is 33.1 Å². The molecule has 0 radical (unpaired) electrons. The molecule has 0 amide bonds. The first-order valence-corrected chi connectivity index (χ1v) is 16.8. The van der Waals surface area contributed by atoms with E-state index in [0.717, 1.165) is 56.1 Å². The number of nitrogens with zero attached hydrogens (tertiary/aromatic N) is 6. The van der Waals surface area contributed by atoms with Gasteiger partial charge in [0.2, 0.25) is 5.88 Å². The van der Waals surface area contributed by atoms with Crippen molar-refractivity contribution in [3.05, 3.63) is 28.7 Å². The van der Waals surface area contributed by atoms with Crippen molar-refractivity contribution < 1.29 is 18.6 Å². The maximum Gasteiger partial charge on any atom is 0.319 e. The third kappa shape index (κ3) is 5.24. The highest BCUT2D eigenvalue weighted by atomic mass is 35.5. The Hall–Kier alpha value is -3.28. The topological polar surface area (TPSA) is 102 Å². The lowest BCUT2D eigenvalue weighted by atomic mass is 9.74. The molecule has 12 heteroatoms. The van der Waals surface area contributed by atoms with E-state index in [0.29, 0.717) is 45.9 Å². The second-order valence-corrected chi connectivity index (χ2v) is 14.1. The second-order valence-electron chi connectivity index (χ2n) is 13.7. The number of halogens is 2. The predicted molar refractivity (Wildman–Crippen MR) is 178 cm³/mol. The van der Waals surface area contributed by atoms with Gasteiger partial charge < -0.3 is 19.1 Å². The molecule has 10 nitrogen and oxygen atoms in total. The Morgan fingerprint density at radius 3 is 2.65 bits per heavy atom. The number of aromatic amines is 1. The number of hydrogen-bond donors (Lipinski definition) is 1. The maximum atomic E-state index is 16.8. The first-order chi connectivity index (χ1) is 22.1. The molecular formula is C34H43ClFN7O3. The lowest BCUT2D eigenvalue weighted by Gasteiger charge is -2.51. The van der Waals surface area contributed by atoms with E-state index in [1.54, 1.807) is 11.1 Å². The fourth-order valence-electron chi connectivity index (χ4n) is 8.46. The number of likely N-dealkylation sites (tertiary alicyclic amines) is 1. The summed E-state index contributed by atoms with van der Waals surface area (Å²) in [4.78, 5) is 18.7. The van der Waals surface area contributed by atoms with Crippen LogP contribution in [-0.4, -0.2) is 88.7 Å². The number of H-pyrrole nitrogens is 1. The molecule has 1 aromatic carbocycles. The molecule has 4 aromatic rings. The molecule has 0 bridgehead atoms. The molecule has 46 heavy (non-hydrogen) atoms. The van der Waals surface area contributed by atoms with Crippen molar-refractivity contribution in [1.82, 2.24) is 30.0 Å². The van der Waals surface area contributed by atoms with Gasteiger partial charge in [0.25, 0.3) is 0 Å². The normalized spacial score (nSPS) is 26.9. The number of benzene rings is 1. The molecule has 1 saturated carbocycles. The third-order valence-electron chi connectivity index (χ3n) is 10.4. The lowest BCUT2D eigenvalue weighted by molar-refractivity contribution is -0.0967. The summed E-state index contributed by atoms with van der Waals surface area (Å²) < 4.78 is 35.1. The molecule has 1 N–H and O–H groups in total. The van der Waals surface area contributed by atoms with Gasteiger partial charge in [0, 0.05) is 42.5 Å². The SMILES string of the molecule is COc1nc(-c2c(Cl)c(C)cc3[nH]ncc23)c(F)c2nc(OC[C@]34CCC[C@H]3N(C3C[C@@H](C)O[C@@H](C)C3)CCC4)nc(N(C)C)c12. The van der Waals surface area contributed by atoms with Gasteiger partial charge in [0.1, 0.15) is 22.4 Å². The van der Waals surface area contributed by atoms with Crippen LogP contribution >= 0.6 is 11.6 Å². The minimum Gasteiger partial charge on any atom is -0.480 e. The molecule has 7 rings (SSSR count). The molecule has 5 heterocycles. The fraction of sp³-hybridized carbons (Fsp3) is 0.588. The quantitative estimate of drug-likeness (QED) is 0.234. The number of pyridine rings is 1. The van der Waals surface area contributed by atoms with Gasteiger partial charge in [-0.25, -0.2) is 9.37 Å². The van der Waals surface area contributed by atoms with Crippen molar-refractivity contribution >= 4 is 39.2 Å². The van der Waals surface area contributed by atoms with E-state index in [1.165, 1.54) is 13.5 Å². The van der Waals surface area contributed by atoms with Gasteiger partial charge >= 0.3 is 6.01 Å². The molecule has 5 atom stereocenters. The molecule has 3 aromatic heterocycles. The summed E-state index contributed by atoms with van der Waals surface area (Å²) in [6.45, 7) is 7.84. The van der Waals surface area contributed by atoms with E-state index in [-0.39, 0.29) is 40.7 Å². The van der Waals surface area contributed by atoms with Crippen molar-refractivity contribution in [2.45, 2.75) is 90.0 Å². The molecule has 2 aliphatic heterocycles. The zero-order chi connectivity index (χ0) is 32.3. The van der Waals surface area contributed by atoms with Crippen molar-refractivity contribution in [2.75, 3.05) is 39.3 Å². The number of anilines is 1. The standard InChI is InChI=1S/C34H43ClFN7O3/c1-18-13-23-22(16-37-41-23)25(27(18)35)29-28(36)30-26(32(38-29)44-6)31(42(4)5)40-33(39-30)45-17-34-10-7-9-24(34)43(12-8-11-34)21-14-19(2)46-20(3)15-21/h13,16,19-21,24H,7-12,14-15,17H2,1-6H3,(H,37,41)/t19-,20+,21?,24-,34-/m1/s1. The Bertz CT molecular complexity index is 1770. The van der Waals surface area contributed by atoms with Crippen LogP contribution in [0.5, 0.6) is 11.9 Å². The number of nitrogens with one attached hydrogen (secondary N) is 1. The Kier molecular flexibility index (Phi) is 8.22. The smallest absolute Gasteiger partial charge is 0.319 e. The Morgan fingerprint density at radius 1 is 1.15 bits per heavy atom. The van der Waals surface area contributed by atoms with Crippen LogP contribution in [0.2, 0.25) is 5.02 Å². The predicted octanol–water partition coefficient (Wildman–Crippen LogP) is 6.71. The van der Waals surface area contributed by atoms with Gasteiger partial charge in [-0.3, -0.25) is 10.00 Å². The molecular weight excluding hydrogens is 609 g/mol.